The summed E-state index contributed by atoms with van der Waals surface area (Å²) in [4.78, 5) is 19.3. The Morgan fingerprint density at radius 2 is 2.15 bits per heavy atom. The van der Waals surface area contributed by atoms with E-state index in [1.54, 1.807) is 12.1 Å². The van der Waals surface area contributed by atoms with Crippen LogP contribution in [-0.4, -0.2) is 21.0 Å². The molecule has 2 rings (SSSR count). The molecule has 20 heavy (non-hydrogen) atoms. The first-order valence-electron chi connectivity index (χ1n) is 6.38. The molecule has 0 aliphatic carbocycles. The van der Waals surface area contributed by atoms with Crippen molar-refractivity contribution in [2.45, 2.75) is 26.9 Å². The molecule has 0 saturated heterocycles. The van der Waals surface area contributed by atoms with Crippen LogP contribution in [0.2, 0.25) is 0 Å². The van der Waals surface area contributed by atoms with Crippen LogP contribution >= 0.6 is 0 Å². The van der Waals surface area contributed by atoms with Gasteiger partial charge in [0.1, 0.15) is 12.4 Å². The third kappa shape index (κ3) is 3.12. The van der Waals surface area contributed by atoms with Gasteiger partial charge in [-0.15, -0.1) is 0 Å². The van der Waals surface area contributed by atoms with Crippen LogP contribution in [0.5, 0.6) is 5.75 Å². The lowest BCUT2D eigenvalue weighted by Crippen LogP contribution is -2.08. The number of pyridine rings is 2. The Balaban J connectivity index is 2.19. The van der Waals surface area contributed by atoms with Gasteiger partial charge in [-0.2, -0.15) is 0 Å². The van der Waals surface area contributed by atoms with Crippen LogP contribution in [-0.2, 0) is 13.0 Å². The van der Waals surface area contributed by atoms with Gasteiger partial charge in [-0.25, -0.2) is 9.78 Å². The predicted octanol–water partition coefficient (Wildman–Crippen LogP) is 2.62. The Morgan fingerprint density at radius 1 is 1.35 bits per heavy atom. The summed E-state index contributed by atoms with van der Waals surface area (Å²) >= 11 is 0. The van der Waals surface area contributed by atoms with E-state index in [-0.39, 0.29) is 12.3 Å². The Bertz CT molecular complexity index is 626. The lowest BCUT2D eigenvalue weighted by Gasteiger charge is -2.11. The first kappa shape index (κ1) is 14.0. The Kier molecular flexibility index (Phi) is 4.30. The molecule has 1 N–H and O–H groups in total. The fraction of sp³-hybridized carbons (Fsp3) is 0.267. The van der Waals surface area contributed by atoms with Gasteiger partial charge in [0, 0.05) is 17.5 Å². The Hall–Kier alpha value is -2.43. The molecule has 5 nitrogen and oxygen atoms in total. The highest BCUT2D eigenvalue weighted by Crippen LogP contribution is 2.19. The third-order valence-electron chi connectivity index (χ3n) is 2.88. The van der Waals surface area contributed by atoms with Gasteiger partial charge in [0.2, 0.25) is 0 Å². The average molecular weight is 272 g/mol. The summed E-state index contributed by atoms with van der Waals surface area (Å²) in [5.41, 5.74) is 2.36. The molecule has 0 aliphatic rings. The minimum absolute atomic E-state index is 0.0191. The first-order chi connectivity index (χ1) is 9.61. The van der Waals surface area contributed by atoms with Gasteiger partial charge in [-0.05, 0) is 31.5 Å². The van der Waals surface area contributed by atoms with E-state index < -0.39 is 5.97 Å². The van der Waals surface area contributed by atoms with Crippen LogP contribution in [0.25, 0.3) is 0 Å². The average Bonchev–Trinajstić information content (AvgIpc) is 2.46. The lowest BCUT2D eigenvalue weighted by atomic mass is 10.2. The lowest BCUT2D eigenvalue weighted by molar-refractivity contribution is 0.0687. The predicted molar refractivity (Wildman–Crippen MR) is 73.9 cm³/mol. The number of aromatic carboxylic acids is 1. The number of ether oxygens (including phenoxy) is 1. The number of carboxylic acids is 1. The zero-order chi connectivity index (χ0) is 14.5. The zero-order valence-electron chi connectivity index (χ0n) is 11.5. The Morgan fingerprint density at radius 3 is 2.85 bits per heavy atom. The molecule has 0 unspecified atom stereocenters. The van der Waals surface area contributed by atoms with Crippen molar-refractivity contribution in [2.24, 2.45) is 0 Å². The van der Waals surface area contributed by atoms with Crippen LogP contribution in [0.15, 0.2) is 30.5 Å². The molecule has 0 aliphatic heterocycles. The van der Waals surface area contributed by atoms with Crippen molar-refractivity contribution in [1.82, 2.24) is 9.97 Å². The van der Waals surface area contributed by atoms with Gasteiger partial charge < -0.3 is 9.84 Å². The van der Waals surface area contributed by atoms with Gasteiger partial charge >= 0.3 is 5.97 Å². The summed E-state index contributed by atoms with van der Waals surface area (Å²) in [7, 11) is 0. The fourth-order valence-electron chi connectivity index (χ4n) is 1.89. The maximum atomic E-state index is 11.1. The summed E-state index contributed by atoms with van der Waals surface area (Å²) < 4.78 is 5.69. The normalized spacial score (nSPS) is 10.3. The molecule has 2 aromatic heterocycles. The number of carboxylic acid groups (broad SMARTS) is 1. The standard InChI is InChI=1S/C15H16N2O3/c1-3-12-13(7-6-10(2)17-12)20-9-11-5-4-8-16-14(11)15(18)19/h4-8H,3,9H2,1-2H3,(H,18,19). The van der Waals surface area contributed by atoms with Crippen LogP contribution < -0.4 is 4.74 Å². The van der Waals surface area contributed by atoms with E-state index >= 15 is 0 Å². The number of nitrogens with zero attached hydrogens (tertiary/aromatic N) is 2. The van der Waals surface area contributed by atoms with Crippen molar-refractivity contribution in [3.8, 4) is 5.75 Å². The van der Waals surface area contributed by atoms with E-state index in [4.69, 9.17) is 9.84 Å². The second-order valence-corrected chi connectivity index (χ2v) is 4.36. The van der Waals surface area contributed by atoms with Crippen LogP contribution in [0.3, 0.4) is 0 Å². The highest BCUT2D eigenvalue weighted by Gasteiger charge is 2.12. The second-order valence-electron chi connectivity index (χ2n) is 4.36. The molecule has 0 bridgehead atoms. The van der Waals surface area contributed by atoms with Gasteiger partial charge in [0.25, 0.3) is 0 Å². The van der Waals surface area contributed by atoms with Gasteiger partial charge in [0.15, 0.2) is 5.69 Å². The summed E-state index contributed by atoms with van der Waals surface area (Å²) in [5, 5.41) is 9.07. The highest BCUT2D eigenvalue weighted by atomic mass is 16.5. The quantitative estimate of drug-likeness (QED) is 0.905. The summed E-state index contributed by atoms with van der Waals surface area (Å²) in [6.07, 6.45) is 2.22. The SMILES string of the molecule is CCc1nc(C)ccc1OCc1cccnc1C(=O)O. The van der Waals surface area contributed by atoms with E-state index in [2.05, 4.69) is 9.97 Å². The van der Waals surface area contributed by atoms with E-state index in [0.29, 0.717) is 11.3 Å². The van der Waals surface area contributed by atoms with Crippen molar-refractivity contribution >= 4 is 5.97 Å². The second kappa shape index (κ2) is 6.14. The molecular formula is C15H16N2O3. The zero-order valence-corrected chi connectivity index (χ0v) is 11.5. The molecule has 0 amide bonds. The van der Waals surface area contributed by atoms with Crippen molar-refractivity contribution in [1.29, 1.82) is 0 Å². The number of hydrogen-bond acceptors (Lipinski definition) is 4. The van der Waals surface area contributed by atoms with Gasteiger partial charge in [-0.1, -0.05) is 13.0 Å². The van der Waals surface area contributed by atoms with Crippen LogP contribution in [0.4, 0.5) is 0 Å². The molecule has 0 aromatic carbocycles. The summed E-state index contributed by atoms with van der Waals surface area (Å²) in [6, 6.07) is 7.12. The molecule has 0 radical (unpaired) electrons. The number of carbonyl (C=O) groups is 1. The van der Waals surface area contributed by atoms with E-state index in [9.17, 15) is 4.79 Å². The highest BCUT2D eigenvalue weighted by molar-refractivity contribution is 5.86. The molecular weight excluding hydrogens is 256 g/mol. The van der Waals surface area contributed by atoms with Gasteiger partial charge in [0.05, 0.1) is 5.69 Å². The van der Waals surface area contributed by atoms with Crippen LogP contribution in [0.1, 0.15) is 34.4 Å². The van der Waals surface area contributed by atoms with Crippen molar-refractivity contribution in [2.75, 3.05) is 0 Å². The maximum Gasteiger partial charge on any atom is 0.354 e. The number of hydrogen-bond donors (Lipinski definition) is 1. The smallest absolute Gasteiger partial charge is 0.354 e. The van der Waals surface area contributed by atoms with Crippen molar-refractivity contribution < 1.29 is 14.6 Å². The molecule has 0 spiro atoms. The molecule has 0 atom stereocenters. The summed E-state index contributed by atoms with van der Waals surface area (Å²) in [6.45, 7) is 4.08. The minimum Gasteiger partial charge on any atom is -0.487 e. The van der Waals surface area contributed by atoms with E-state index in [1.807, 2.05) is 26.0 Å². The molecule has 2 heterocycles. The molecule has 5 heteroatoms. The van der Waals surface area contributed by atoms with Crippen molar-refractivity contribution in [3.05, 3.63) is 53.1 Å². The number of aryl methyl sites for hydroxylation is 2. The first-order valence-corrected chi connectivity index (χ1v) is 6.38. The fourth-order valence-corrected chi connectivity index (χ4v) is 1.89. The summed E-state index contributed by atoms with van der Waals surface area (Å²) in [5.74, 6) is -0.375. The van der Waals surface area contributed by atoms with Gasteiger partial charge in [-0.3, -0.25) is 4.98 Å². The van der Waals surface area contributed by atoms with E-state index in [1.165, 1.54) is 6.20 Å². The van der Waals surface area contributed by atoms with E-state index in [0.717, 1.165) is 17.8 Å². The minimum atomic E-state index is -1.05. The molecule has 2 aromatic rings. The largest absolute Gasteiger partial charge is 0.487 e. The molecule has 0 saturated carbocycles. The molecule has 0 fully saturated rings. The van der Waals surface area contributed by atoms with Crippen molar-refractivity contribution in [3.63, 3.8) is 0 Å². The maximum absolute atomic E-state index is 11.1. The molecule has 104 valence electrons. The monoisotopic (exact) mass is 272 g/mol. The topological polar surface area (TPSA) is 72.3 Å². The Labute approximate surface area is 117 Å². The van der Waals surface area contributed by atoms with Crippen LogP contribution in [0, 0.1) is 6.92 Å². The third-order valence-corrected chi connectivity index (χ3v) is 2.88. The number of aromatic nitrogens is 2. The number of rotatable bonds is 5.